The van der Waals surface area contributed by atoms with Crippen LogP contribution in [-0.2, 0) is 7.05 Å². The number of nitrogens with one attached hydrogen (secondary N) is 1. The van der Waals surface area contributed by atoms with E-state index < -0.39 is 5.91 Å². The highest BCUT2D eigenvalue weighted by Gasteiger charge is 2.24. The van der Waals surface area contributed by atoms with Gasteiger partial charge in [0.1, 0.15) is 0 Å². The minimum absolute atomic E-state index is 0.159. The second-order valence-electron chi connectivity index (χ2n) is 6.82. The quantitative estimate of drug-likeness (QED) is 0.478. The number of hydrogen-bond acceptors (Lipinski definition) is 4. The lowest BCUT2D eigenvalue weighted by molar-refractivity contribution is 0.0949. The number of nitrogens with zero attached hydrogens (tertiary/aromatic N) is 3. The smallest absolute Gasteiger partial charge is 0.267 e. The van der Waals surface area contributed by atoms with Crippen LogP contribution in [0.15, 0.2) is 82.7 Å². The summed E-state index contributed by atoms with van der Waals surface area (Å²) >= 11 is 0. The molecule has 1 heterocycles. The van der Waals surface area contributed by atoms with E-state index in [1.54, 1.807) is 24.3 Å². The summed E-state index contributed by atoms with van der Waals surface area (Å²) in [6.45, 7) is 0. The van der Waals surface area contributed by atoms with Crippen LogP contribution in [0.1, 0.15) is 21.6 Å². The summed E-state index contributed by atoms with van der Waals surface area (Å²) in [6, 6.07) is 22.9. The van der Waals surface area contributed by atoms with Gasteiger partial charge in [0.15, 0.2) is 5.69 Å². The first-order valence-electron chi connectivity index (χ1n) is 9.18. The third kappa shape index (κ3) is 2.65. The standard InChI is InChI=1S/C23H16N4O2/c1-27-23(29)19-13-7-6-12-18(19)21(26-27)22(28)25-24-20-16-10-4-2-8-14(16)15-9-3-5-11-17(15)20/h2-13H,1H3,(H,25,28). The maximum absolute atomic E-state index is 12.9. The topological polar surface area (TPSA) is 76.3 Å². The van der Waals surface area contributed by atoms with Crippen LogP contribution in [0.5, 0.6) is 0 Å². The number of carbonyl (C=O) groups excluding carboxylic acids is 1. The minimum Gasteiger partial charge on any atom is -0.267 e. The van der Waals surface area contributed by atoms with Gasteiger partial charge in [0, 0.05) is 23.6 Å². The number of fused-ring (bicyclic) bond motifs is 4. The van der Waals surface area contributed by atoms with Crippen molar-refractivity contribution in [3.05, 3.63) is 100.0 Å². The fraction of sp³-hybridized carbons (Fsp3) is 0.0435. The van der Waals surface area contributed by atoms with Crippen LogP contribution in [0.4, 0.5) is 0 Å². The lowest BCUT2D eigenvalue weighted by Gasteiger charge is -2.07. The van der Waals surface area contributed by atoms with E-state index in [9.17, 15) is 9.59 Å². The molecule has 1 aliphatic carbocycles. The van der Waals surface area contributed by atoms with Gasteiger partial charge < -0.3 is 0 Å². The van der Waals surface area contributed by atoms with E-state index in [1.165, 1.54) is 11.7 Å². The fourth-order valence-corrected chi connectivity index (χ4v) is 3.74. The van der Waals surface area contributed by atoms with Crippen LogP contribution < -0.4 is 11.0 Å². The SMILES string of the molecule is Cn1nc(C(=O)NN=C2c3ccccc3-c3ccccc32)c2ccccc2c1=O. The van der Waals surface area contributed by atoms with Crippen LogP contribution in [0.2, 0.25) is 0 Å². The molecule has 0 aliphatic heterocycles. The summed E-state index contributed by atoms with van der Waals surface area (Å²) < 4.78 is 1.17. The van der Waals surface area contributed by atoms with Crippen LogP contribution in [0.25, 0.3) is 21.9 Å². The Labute approximate surface area is 166 Å². The monoisotopic (exact) mass is 380 g/mol. The van der Waals surface area contributed by atoms with Crippen molar-refractivity contribution in [2.75, 3.05) is 0 Å². The summed E-state index contributed by atoms with van der Waals surface area (Å²) in [6.07, 6.45) is 0. The Kier molecular flexibility index (Phi) is 3.84. The number of hydrazone groups is 1. The Morgan fingerprint density at radius 1 is 0.828 bits per heavy atom. The van der Waals surface area contributed by atoms with Crippen molar-refractivity contribution in [1.29, 1.82) is 0 Å². The van der Waals surface area contributed by atoms with Gasteiger partial charge in [0.2, 0.25) is 0 Å². The predicted molar refractivity (Wildman–Crippen MR) is 112 cm³/mol. The van der Waals surface area contributed by atoms with E-state index in [0.717, 1.165) is 22.3 Å². The molecule has 0 saturated carbocycles. The summed E-state index contributed by atoms with van der Waals surface area (Å²) in [4.78, 5) is 25.2. The van der Waals surface area contributed by atoms with Crippen molar-refractivity contribution < 1.29 is 4.79 Å². The fourth-order valence-electron chi connectivity index (χ4n) is 3.74. The van der Waals surface area contributed by atoms with E-state index in [2.05, 4.69) is 15.6 Å². The number of aromatic nitrogens is 2. The van der Waals surface area contributed by atoms with Gasteiger partial charge >= 0.3 is 0 Å². The van der Waals surface area contributed by atoms with Gasteiger partial charge in [0.25, 0.3) is 11.5 Å². The number of amides is 1. The van der Waals surface area contributed by atoms with Crippen LogP contribution in [0.3, 0.4) is 0 Å². The Morgan fingerprint density at radius 3 is 1.97 bits per heavy atom. The molecule has 1 amide bonds. The van der Waals surface area contributed by atoms with Gasteiger partial charge in [-0.15, -0.1) is 0 Å². The lowest BCUT2D eigenvalue weighted by atomic mass is 10.1. The van der Waals surface area contributed by atoms with Gasteiger partial charge in [-0.25, -0.2) is 10.1 Å². The molecule has 0 atom stereocenters. The number of aryl methyl sites for hydroxylation is 1. The number of rotatable bonds is 2. The van der Waals surface area contributed by atoms with E-state index in [-0.39, 0.29) is 11.3 Å². The highest BCUT2D eigenvalue weighted by Crippen LogP contribution is 2.36. The Hall–Kier alpha value is -4.06. The highest BCUT2D eigenvalue weighted by molar-refractivity contribution is 6.24. The largest absolute Gasteiger partial charge is 0.292 e. The average molecular weight is 380 g/mol. The van der Waals surface area contributed by atoms with E-state index in [0.29, 0.717) is 16.5 Å². The van der Waals surface area contributed by atoms with Gasteiger partial charge in [0.05, 0.1) is 11.1 Å². The van der Waals surface area contributed by atoms with Gasteiger partial charge in [-0.3, -0.25) is 9.59 Å². The molecule has 6 nitrogen and oxygen atoms in total. The van der Waals surface area contributed by atoms with Gasteiger partial charge in [-0.2, -0.15) is 10.2 Å². The molecule has 0 spiro atoms. The maximum Gasteiger partial charge on any atom is 0.292 e. The molecular formula is C23H16N4O2. The molecular weight excluding hydrogens is 364 g/mol. The Bertz CT molecular complexity index is 1340. The van der Waals surface area contributed by atoms with E-state index in [1.807, 2.05) is 48.5 Å². The highest BCUT2D eigenvalue weighted by atomic mass is 16.2. The first kappa shape index (κ1) is 17.1. The second-order valence-corrected chi connectivity index (χ2v) is 6.82. The molecule has 1 N–H and O–H groups in total. The van der Waals surface area contributed by atoms with Gasteiger partial charge in [-0.1, -0.05) is 66.7 Å². The third-order valence-corrected chi connectivity index (χ3v) is 5.10. The molecule has 0 bridgehead atoms. The predicted octanol–water partition coefficient (Wildman–Crippen LogP) is 3.10. The minimum atomic E-state index is -0.467. The van der Waals surface area contributed by atoms with Crippen molar-refractivity contribution in [2.24, 2.45) is 12.1 Å². The van der Waals surface area contributed by atoms with Crippen molar-refractivity contribution in [3.63, 3.8) is 0 Å². The molecule has 0 radical (unpaired) electrons. The molecule has 1 aliphatic rings. The van der Waals surface area contributed by atoms with Crippen LogP contribution in [-0.4, -0.2) is 21.4 Å². The molecule has 4 aromatic rings. The molecule has 6 heteroatoms. The van der Waals surface area contributed by atoms with Crippen molar-refractivity contribution >= 4 is 22.4 Å². The first-order valence-corrected chi connectivity index (χ1v) is 9.18. The Morgan fingerprint density at radius 2 is 1.34 bits per heavy atom. The summed E-state index contributed by atoms with van der Waals surface area (Å²) in [5.41, 5.74) is 7.35. The van der Waals surface area contributed by atoms with Crippen molar-refractivity contribution in [2.45, 2.75) is 0 Å². The molecule has 29 heavy (non-hydrogen) atoms. The number of carbonyl (C=O) groups is 1. The molecule has 5 rings (SSSR count). The van der Waals surface area contributed by atoms with Crippen molar-refractivity contribution in [1.82, 2.24) is 15.2 Å². The average Bonchev–Trinajstić information content (AvgIpc) is 3.08. The number of benzene rings is 3. The maximum atomic E-state index is 12.9. The zero-order chi connectivity index (χ0) is 20.0. The summed E-state index contributed by atoms with van der Waals surface area (Å²) in [7, 11) is 1.53. The third-order valence-electron chi connectivity index (χ3n) is 5.10. The van der Waals surface area contributed by atoms with Crippen molar-refractivity contribution in [3.8, 4) is 11.1 Å². The normalized spacial score (nSPS) is 11.8. The molecule has 0 fully saturated rings. The van der Waals surface area contributed by atoms with Crippen LogP contribution in [0, 0.1) is 0 Å². The molecule has 1 aromatic heterocycles. The summed E-state index contributed by atoms with van der Waals surface area (Å²) in [5, 5.41) is 9.53. The first-order chi connectivity index (χ1) is 14.1. The van der Waals surface area contributed by atoms with E-state index >= 15 is 0 Å². The molecule has 0 unspecified atom stereocenters. The zero-order valence-corrected chi connectivity index (χ0v) is 15.6. The lowest BCUT2D eigenvalue weighted by Crippen LogP contribution is -2.27. The number of hydrogen-bond donors (Lipinski definition) is 1. The summed E-state index contributed by atoms with van der Waals surface area (Å²) in [5.74, 6) is -0.467. The van der Waals surface area contributed by atoms with Gasteiger partial charge in [-0.05, 0) is 17.2 Å². The Balaban J connectivity index is 1.58. The van der Waals surface area contributed by atoms with Crippen LogP contribution >= 0.6 is 0 Å². The molecule has 140 valence electrons. The molecule has 3 aromatic carbocycles. The van der Waals surface area contributed by atoms with E-state index in [4.69, 9.17) is 0 Å². The zero-order valence-electron chi connectivity index (χ0n) is 15.6. The second kappa shape index (κ2) is 6.53. The molecule has 0 saturated heterocycles.